The van der Waals surface area contributed by atoms with Gasteiger partial charge in [0.1, 0.15) is 17.8 Å². The molecule has 4 aromatic rings. The molecule has 0 fully saturated rings. The molecular weight excluding hydrogens is 424 g/mol. The Morgan fingerprint density at radius 3 is 2.56 bits per heavy atom. The van der Waals surface area contributed by atoms with Crippen LogP contribution in [0.5, 0.6) is 11.5 Å². The van der Waals surface area contributed by atoms with E-state index in [2.05, 4.69) is 0 Å². The third kappa shape index (κ3) is 4.38. The van der Waals surface area contributed by atoms with E-state index in [1.807, 2.05) is 49.4 Å². The van der Waals surface area contributed by atoms with Crippen LogP contribution in [0.2, 0.25) is 0 Å². The average molecular weight is 447 g/mol. The zero-order valence-electron chi connectivity index (χ0n) is 17.8. The van der Waals surface area contributed by atoms with Crippen molar-refractivity contribution in [3.05, 3.63) is 88.2 Å². The Morgan fingerprint density at radius 2 is 1.84 bits per heavy atom. The summed E-state index contributed by atoms with van der Waals surface area (Å²) in [6, 6.07) is 19.9. The van der Waals surface area contributed by atoms with Crippen LogP contribution in [-0.2, 0) is 5.75 Å². The van der Waals surface area contributed by atoms with Gasteiger partial charge < -0.3 is 9.47 Å². The van der Waals surface area contributed by atoms with Gasteiger partial charge in [-0.05, 0) is 61.5 Å². The molecule has 6 nitrogen and oxygen atoms in total. The number of hydrogen-bond acceptors (Lipinski definition) is 6. The monoisotopic (exact) mass is 446 g/mol. The van der Waals surface area contributed by atoms with Gasteiger partial charge >= 0.3 is 0 Å². The smallest absolute Gasteiger partial charge is 0.266 e. The Labute approximate surface area is 189 Å². The normalized spacial score (nSPS) is 10.8. The van der Waals surface area contributed by atoms with Crippen LogP contribution in [0, 0.1) is 0 Å². The van der Waals surface area contributed by atoms with Crippen molar-refractivity contribution in [3.63, 3.8) is 0 Å². The minimum Gasteiger partial charge on any atom is -0.496 e. The van der Waals surface area contributed by atoms with Crippen LogP contribution >= 0.6 is 11.8 Å². The molecule has 0 spiro atoms. The lowest BCUT2D eigenvalue weighted by molar-refractivity contribution is 0.112. The first kappa shape index (κ1) is 21.6. The minimum atomic E-state index is -0.143. The van der Waals surface area contributed by atoms with Crippen LogP contribution < -0.4 is 15.0 Å². The molecule has 7 heteroatoms. The van der Waals surface area contributed by atoms with Crippen molar-refractivity contribution < 1.29 is 14.3 Å². The molecule has 0 aliphatic heterocycles. The fourth-order valence-electron chi connectivity index (χ4n) is 3.42. The molecule has 0 unspecified atom stereocenters. The number of hydrogen-bond donors (Lipinski definition) is 0. The zero-order valence-corrected chi connectivity index (χ0v) is 18.6. The van der Waals surface area contributed by atoms with Crippen molar-refractivity contribution in [2.75, 3.05) is 13.7 Å². The molecule has 0 bridgehead atoms. The number of benzene rings is 3. The average Bonchev–Trinajstić information content (AvgIpc) is 2.83. The van der Waals surface area contributed by atoms with Crippen molar-refractivity contribution in [3.8, 4) is 17.2 Å². The van der Waals surface area contributed by atoms with Crippen LogP contribution in [-0.4, -0.2) is 29.6 Å². The van der Waals surface area contributed by atoms with Gasteiger partial charge in [-0.1, -0.05) is 23.9 Å². The first-order chi connectivity index (χ1) is 15.6. The van der Waals surface area contributed by atoms with Gasteiger partial charge in [0.25, 0.3) is 5.56 Å². The molecule has 0 aliphatic carbocycles. The van der Waals surface area contributed by atoms with E-state index in [4.69, 9.17) is 14.5 Å². The second-order valence-electron chi connectivity index (χ2n) is 6.96. The lowest BCUT2D eigenvalue weighted by Gasteiger charge is -2.15. The van der Waals surface area contributed by atoms with E-state index in [-0.39, 0.29) is 5.56 Å². The van der Waals surface area contributed by atoms with E-state index in [0.29, 0.717) is 45.4 Å². The predicted octanol–water partition coefficient (Wildman–Crippen LogP) is 4.90. The lowest BCUT2D eigenvalue weighted by Crippen LogP contribution is -2.21. The maximum atomic E-state index is 13.4. The summed E-state index contributed by atoms with van der Waals surface area (Å²) in [6.07, 6.45) is 0.803. The van der Waals surface area contributed by atoms with Crippen molar-refractivity contribution in [1.82, 2.24) is 9.55 Å². The number of carbonyl (C=O) groups is 1. The third-order valence-electron chi connectivity index (χ3n) is 4.95. The van der Waals surface area contributed by atoms with Crippen LogP contribution in [0.15, 0.2) is 76.7 Å². The molecule has 32 heavy (non-hydrogen) atoms. The zero-order chi connectivity index (χ0) is 22.5. The number of para-hydroxylation sites is 1. The SMILES string of the molecule is CCOc1ccc(-n2c(SCc3cc(C=O)ccc3OC)nc3ccccc3c2=O)cc1. The van der Waals surface area contributed by atoms with Crippen LogP contribution in [0.1, 0.15) is 22.8 Å². The van der Waals surface area contributed by atoms with Crippen LogP contribution in [0.4, 0.5) is 0 Å². The molecule has 1 heterocycles. The summed E-state index contributed by atoms with van der Waals surface area (Å²) < 4.78 is 12.6. The van der Waals surface area contributed by atoms with Gasteiger partial charge in [-0.15, -0.1) is 0 Å². The Morgan fingerprint density at radius 1 is 1.06 bits per heavy atom. The fourth-order valence-corrected chi connectivity index (χ4v) is 4.41. The third-order valence-corrected chi connectivity index (χ3v) is 5.94. The number of aldehydes is 1. The first-order valence-corrected chi connectivity index (χ1v) is 11.1. The molecule has 0 aliphatic rings. The molecule has 0 N–H and O–H groups in total. The molecular formula is C25H22N2O4S. The van der Waals surface area contributed by atoms with Gasteiger partial charge in [-0.3, -0.25) is 14.2 Å². The summed E-state index contributed by atoms with van der Waals surface area (Å²) in [5, 5.41) is 1.10. The van der Waals surface area contributed by atoms with Gasteiger partial charge in [0.05, 0.1) is 30.3 Å². The van der Waals surface area contributed by atoms with E-state index in [9.17, 15) is 9.59 Å². The number of ether oxygens (including phenoxy) is 2. The number of carbonyl (C=O) groups excluding carboxylic acids is 1. The maximum Gasteiger partial charge on any atom is 0.266 e. The lowest BCUT2D eigenvalue weighted by atomic mass is 10.1. The van der Waals surface area contributed by atoms with Gasteiger partial charge in [0, 0.05) is 16.9 Å². The van der Waals surface area contributed by atoms with Gasteiger partial charge in [0.15, 0.2) is 5.16 Å². The molecule has 3 aromatic carbocycles. The highest BCUT2D eigenvalue weighted by Gasteiger charge is 2.15. The van der Waals surface area contributed by atoms with E-state index in [0.717, 1.165) is 17.6 Å². The largest absolute Gasteiger partial charge is 0.496 e. The highest BCUT2D eigenvalue weighted by molar-refractivity contribution is 7.98. The number of methoxy groups -OCH3 is 1. The molecule has 0 atom stereocenters. The summed E-state index contributed by atoms with van der Waals surface area (Å²) in [7, 11) is 1.59. The molecule has 0 saturated carbocycles. The van der Waals surface area contributed by atoms with E-state index in [1.165, 1.54) is 11.8 Å². The molecule has 162 valence electrons. The van der Waals surface area contributed by atoms with E-state index in [1.54, 1.807) is 35.9 Å². The van der Waals surface area contributed by atoms with Crippen LogP contribution in [0.3, 0.4) is 0 Å². The summed E-state index contributed by atoms with van der Waals surface area (Å²) >= 11 is 1.41. The Balaban J connectivity index is 1.79. The van der Waals surface area contributed by atoms with Crippen molar-refractivity contribution >= 4 is 29.0 Å². The number of fused-ring (bicyclic) bond motifs is 1. The van der Waals surface area contributed by atoms with E-state index >= 15 is 0 Å². The number of aromatic nitrogens is 2. The van der Waals surface area contributed by atoms with Crippen LogP contribution in [0.25, 0.3) is 16.6 Å². The second kappa shape index (κ2) is 9.70. The Bertz CT molecular complexity index is 1320. The molecule has 0 saturated heterocycles. The standard InChI is InChI=1S/C25H22N2O4S/c1-3-31-20-11-9-19(10-12-20)27-24(29)21-6-4-5-7-22(21)26-25(27)32-16-18-14-17(15-28)8-13-23(18)30-2/h4-15H,3,16H2,1-2H3. The number of thioether (sulfide) groups is 1. The van der Waals surface area contributed by atoms with Gasteiger partial charge in [-0.25, -0.2) is 4.98 Å². The van der Waals surface area contributed by atoms with E-state index < -0.39 is 0 Å². The summed E-state index contributed by atoms with van der Waals surface area (Å²) in [5.41, 5.74) is 2.61. The topological polar surface area (TPSA) is 70.4 Å². The first-order valence-electron chi connectivity index (χ1n) is 10.1. The van der Waals surface area contributed by atoms with Gasteiger partial charge in [-0.2, -0.15) is 0 Å². The maximum absolute atomic E-state index is 13.4. The minimum absolute atomic E-state index is 0.143. The molecule has 0 amide bonds. The van der Waals surface area contributed by atoms with Crippen molar-refractivity contribution in [1.29, 1.82) is 0 Å². The molecule has 1 aromatic heterocycles. The van der Waals surface area contributed by atoms with Crippen molar-refractivity contribution in [2.45, 2.75) is 17.8 Å². The van der Waals surface area contributed by atoms with Crippen molar-refractivity contribution in [2.24, 2.45) is 0 Å². The summed E-state index contributed by atoms with van der Waals surface area (Å²) in [6.45, 7) is 2.49. The quantitative estimate of drug-likeness (QED) is 0.218. The summed E-state index contributed by atoms with van der Waals surface area (Å²) in [5.74, 6) is 1.90. The number of nitrogens with zero attached hydrogens (tertiary/aromatic N) is 2. The summed E-state index contributed by atoms with van der Waals surface area (Å²) in [4.78, 5) is 29.4. The fraction of sp³-hybridized carbons (Fsp3) is 0.160. The Kier molecular flexibility index (Phi) is 6.56. The Hall–Kier alpha value is -3.58. The van der Waals surface area contributed by atoms with Gasteiger partial charge in [0.2, 0.25) is 0 Å². The predicted molar refractivity (Wildman–Crippen MR) is 126 cm³/mol. The highest BCUT2D eigenvalue weighted by Crippen LogP contribution is 2.29. The highest BCUT2D eigenvalue weighted by atomic mass is 32.2. The number of rotatable bonds is 8. The molecule has 0 radical (unpaired) electrons. The second-order valence-corrected chi connectivity index (χ2v) is 7.90. The molecule has 4 rings (SSSR count).